The predicted octanol–water partition coefficient (Wildman–Crippen LogP) is 3.09. The van der Waals surface area contributed by atoms with E-state index in [4.69, 9.17) is 10.1 Å². The highest BCUT2D eigenvalue weighted by molar-refractivity contribution is 7.77. The number of aromatic nitrogens is 4. The Balaban J connectivity index is 1.26. The van der Waals surface area contributed by atoms with Crippen molar-refractivity contribution in [3.63, 3.8) is 0 Å². The molecule has 2 saturated heterocycles. The summed E-state index contributed by atoms with van der Waals surface area (Å²) in [6.07, 6.45) is 3.73. The van der Waals surface area contributed by atoms with Crippen LogP contribution < -0.4 is 14.5 Å². The van der Waals surface area contributed by atoms with Crippen LogP contribution >= 0.6 is 0 Å². The maximum absolute atomic E-state index is 13.9. The van der Waals surface area contributed by atoms with Crippen molar-refractivity contribution < 1.29 is 13.2 Å². The fraction of sp³-hybridized carbons (Fsp3) is 0.320. The van der Waals surface area contributed by atoms with Gasteiger partial charge in [-0.05, 0) is 54.8 Å². The number of nitrogens with one attached hydrogen (secondary N) is 1. The molecule has 2 aliphatic rings. The minimum Gasteiger partial charge on any atom is -0.760 e. The van der Waals surface area contributed by atoms with Crippen LogP contribution in [0.25, 0.3) is 17.0 Å². The number of hydrogen-bond acceptors (Lipinski definition) is 7. The molecule has 2 atom stereocenters. The van der Waals surface area contributed by atoms with E-state index in [9.17, 15) is 13.2 Å². The van der Waals surface area contributed by atoms with Crippen molar-refractivity contribution in [2.75, 3.05) is 36.0 Å². The lowest BCUT2D eigenvalue weighted by atomic mass is 10.0. The third kappa shape index (κ3) is 4.45. The summed E-state index contributed by atoms with van der Waals surface area (Å²) in [4.78, 5) is 13.7. The standard InChI is InChI=1S/C25H26FN7O2S/c26-19-5-1-4-18(12-19)21-7-3-11-32(21)25-10-9-23-27-14-22(33(23)30-25)20-6-2-8-24(29-20)31-15-17(16-31)13-28-36(34)35/h1-2,4-6,8-10,12,14,17,21,28H,3,7,11,13,15-16H2,(H,34,35)/p-1/t21-/m1/s1. The van der Waals surface area contributed by atoms with Crippen molar-refractivity contribution in [3.8, 4) is 11.4 Å². The number of imidazole rings is 1. The first-order chi connectivity index (χ1) is 17.5. The van der Waals surface area contributed by atoms with E-state index in [1.807, 2.05) is 40.9 Å². The van der Waals surface area contributed by atoms with Crippen LogP contribution in [0.4, 0.5) is 16.0 Å². The Labute approximate surface area is 210 Å². The molecule has 0 bridgehead atoms. The molecule has 0 spiro atoms. The Hall–Kier alpha value is -3.41. The lowest BCUT2D eigenvalue weighted by Crippen LogP contribution is -2.51. The van der Waals surface area contributed by atoms with Crippen LogP contribution in [0.1, 0.15) is 24.4 Å². The fourth-order valence-electron chi connectivity index (χ4n) is 5.11. The van der Waals surface area contributed by atoms with Crippen molar-refractivity contribution >= 4 is 28.5 Å². The Morgan fingerprint density at radius 3 is 2.81 bits per heavy atom. The normalized spacial score (nSPS) is 19.1. The van der Waals surface area contributed by atoms with E-state index >= 15 is 0 Å². The maximum Gasteiger partial charge on any atom is 0.154 e. The largest absolute Gasteiger partial charge is 0.760 e. The van der Waals surface area contributed by atoms with Gasteiger partial charge in [0.2, 0.25) is 0 Å². The van der Waals surface area contributed by atoms with E-state index in [1.54, 1.807) is 18.3 Å². The van der Waals surface area contributed by atoms with Crippen molar-refractivity contribution in [3.05, 3.63) is 72.2 Å². The number of anilines is 2. The van der Waals surface area contributed by atoms with Crippen LogP contribution in [0.2, 0.25) is 0 Å². The lowest BCUT2D eigenvalue weighted by Gasteiger charge is -2.40. The summed E-state index contributed by atoms with van der Waals surface area (Å²) in [5.74, 6) is 1.69. The molecular weight excluding hydrogens is 481 g/mol. The minimum atomic E-state index is -2.24. The summed E-state index contributed by atoms with van der Waals surface area (Å²) in [7, 11) is 0. The first-order valence-electron chi connectivity index (χ1n) is 12.0. The Kier molecular flexibility index (Phi) is 6.12. The summed E-state index contributed by atoms with van der Waals surface area (Å²) in [6, 6.07) is 16.6. The van der Waals surface area contributed by atoms with Crippen LogP contribution in [0.15, 0.2) is 60.8 Å². The van der Waals surface area contributed by atoms with Gasteiger partial charge in [0, 0.05) is 43.4 Å². The van der Waals surface area contributed by atoms with Gasteiger partial charge in [-0.15, -0.1) is 5.10 Å². The van der Waals surface area contributed by atoms with Crippen molar-refractivity contribution in [1.82, 2.24) is 24.3 Å². The maximum atomic E-state index is 13.9. The molecule has 4 aromatic rings. The number of halogens is 1. The third-order valence-corrected chi connectivity index (χ3v) is 7.30. The van der Waals surface area contributed by atoms with Gasteiger partial charge in [-0.1, -0.05) is 18.2 Å². The number of hydrogen-bond donors (Lipinski definition) is 1. The molecule has 9 nitrogen and oxygen atoms in total. The van der Waals surface area contributed by atoms with Crippen LogP contribution in [0, 0.1) is 11.7 Å². The molecule has 6 rings (SSSR count). The molecule has 0 amide bonds. The molecule has 2 fully saturated rings. The van der Waals surface area contributed by atoms with Crippen molar-refractivity contribution in [2.45, 2.75) is 18.9 Å². The molecule has 1 aromatic carbocycles. The summed E-state index contributed by atoms with van der Waals surface area (Å²) in [6.45, 7) is 2.76. The first kappa shape index (κ1) is 23.0. The van der Waals surface area contributed by atoms with Gasteiger partial charge < -0.3 is 14.4 Å². The molecule has 0 aliphatic carbocycles. The second-order valence-corrected chi connectivity index (χ2v) is 10.0. The molecule has 36 heavy (non-hydrogen) atoms. The molecule has 0 radical (unpaired) electrons. The second-order valence-electron chi connectivity index (χ2n) is 9.25. The number of rotatable bonds is 7. The zero-order chi connectivity index (χ0) is 24.6. The van der Waals surface area contributed by atoms with Crippen LogP contribution in [0.5, 0.6) is 0 Å². The SMILES string of the molecule is O=S([O-])NCC1CN(c2cccc(-c3cnc4ccc(N5CCC[C@@H]5c5cccc(F)c5)nn34)n2)C1. The molecule has 1 unspecified atom stereocenters. The van der Waals surface area contributed by atoms with E-state index in [1.165, 1.54) is 6.07 Å². The molecule has 186 valence electrons. The van der Waals surface area contributed by atoms with Crippen molar-refractivity contribution in [1.29, 1.82) is 0 Å². The topological polar surface area (TPSA) is 102 Å². The average molecular weight is 507 g/mol. The van der Waals surface area contributed by atoms with Gasteiger partial charge in [-0.25, -0.2) is 23.6 Å². The highest BCUT2D eigenvalue weighted by atomic mass is 32.2. The molecule has 2 aliphatic heterocycles. The summed E-state index contributed by atoms with van der Waals surface area (Å²) in [5.41, 5.74) is 3.23. The third-order valence-electron chi connectivity index (χ3n) is 6.90. The summed E-state index contributed by atoms with van der Waals surface area (Å²) in [5, 5.41) is 4.92. The van der Waals surface area contributed by atoms with E-state index in [0.29, 0.717) is 6.54 Å². The van der Waals surface area contributed by atoms with Crippen LogP contribution in [-0.4, -0.2) is 54.5 Å². The molecule has 0 saturated carbocycles. The zero-order valence-electron chi connectivity index (χ0n) is 19.5. The van der Waals surface area contributed by atoms with Gasteiger partial charge in [0.1, 0.15) is 23.1 Å². The van der Waals surface area contributed by atoms with Gasteiger partial charge in [0.05, 0.1) is 17.9 Å². The van der Waals surface area contributed by atoms with Gasteiger partial charge in [0.15, 0.2) is 5.65 Å². The van der Waals surface area contributed by atoms with Gasteiger partial charge in [-0.3, -0.25) is 4.21 Å². The van der Waals surface area contributed by atoms with E-state index in [-0.39, 0.29) is 17.8 Å². The minimum absolute atomic E-state index is 0.0759. The lowest BCUT2D eigenvalue weighted by molar-refractivity contribution is 0.400. The Morgan fingerprint density at radius 2 is 1.97 bits per heavy atom. The van der Waals surface area contributed by atoms with E-state index in [0.717, 1.165) is 66.7 Å². The first-order valence-corrected chi connectivity index (χ1v) is 13.0. The molecular formula is C25H25FN7O2S-. The number of benzene rings is 1. The smallest absolute Gasteiger partial charge is 0.154 e. The zero-order valence-corrected chi connectivity index (χ0v) is 20.3. The molecule has 3 aromatic heterocycles. The van der Waals surface area contributed by atoms with Gasteiger partial charge in [0.25, 0.3) is 0 Å². The molecule has 5 heterocycles. The van der Waals surface area contributed by atoms with Crippen molar-refractivity contribution in [2.24, 2.45) is 5.92 Å². The highest BCUT2D eigenvalue weighted by Gasteiger charge is 2.29. The quantitative estimate of drug-likeness (QED) is 0.384. The van der Waals surface area contributed by atoms with E-state index in [2.05, 4.69) is 19.5 Å². The summed E-state index contributed by atoms with van der Waals surface area (Å²) < 4.78 is 39.6. The Bertz CT molecular complexity index is 1420. The van der Waals surface area contributed by atoms with E-state index < -0.39 is 11.3 Å². The van der Waals surface area contributed by atoms with Gasteiger partial charge in [-0.2, -0.15) is 0 Å². The summed E-state index contributed by atoms with van der Waals surface area (Å²) >= 11 is -2.24. The molecule has 1 N–H and O–H groups in total. The second kappa shape index (κ2) is 9.57. The predicted molar refractivity (Wildman–Crippen MR) is 135 cm³/mol. The van der Waals surface area contributed by atoms with Gasteiger partial charge >= 0.3 is 0 Å². The fourth-order valence-corrected chi connectivity index (χ4v) is 5.48. The molecule has 11 heteroatoms. The highest BCUT2D eigenvalue weighted by Crippen LogP contribution is 2.36. The number of pyridine rings is 1. The number of fused-ring (bicyclic) bond motifs is 1. The number of nitrogens with zero attached hydrogens (tertiary/aromatic N) is 6. The Morgan fingerprint density at radius 1 is 1.11 bits per heavy atom. The van der Waals surface area contributed by atoms with Crippen LogP contribution in [-0.2, 0) is 11.3 Å². The van der Waals surface area contributed by atoms with Crippen LogP contribution in [0.3, 0.4) is 0 Å². The monoisotopic (exact) mass is 506 g/mol. The average Bonchev–Trinajstić information content (AvgIpc) is 3.50.